The molecule has 0 fully saturated rings. The third kappa shape index (κ3) is 6.81. The maximum Gasteiger partial charge on any atom is 0.240 e. The van der Waals surface area contributed by atoms with Crippen molar-refractivity contribution in [3.8, 4) is 0 Å². The summed E-state index contributed by atoms with van der Waals surface area (Å²) in [5.74, 6) is 0. The second kappa shape index (κ2) is 7.61. The molecule has 5 heteroatoms. The molecule has 0 saturated carbocycles. The monoisotopic (exact) mass is 331 g/mol. The van der Waals surface area contributed by atoms with Crippen molar-refractivity contribution in [1.82, 2.24) is 4.72 Å². The van der Waals surface area contributed by atoms with Crippen LogP contribution in [0.3, 0.4) is 0 Å². The molecule has 0 radical (unpaired) electrons. The predicted octanol–water partition coefficient (Wildman–Crippen LogP) is 3.96. The van der Waals surface area contributed by atoms with Crippen LogP contribution in [-0.4, -0.2) is 20.3 Å². The zero-order chi connectivity index (χ0) is 16.1. The summed E-state index contributed by atoms with van der Waals surface area (Å²) in [5.41, 5.74) is 1.24. The van der Waals surface area contributed by atoms with E-state index in [1.54, 1.807) is 12.1 Å². The molecule has 120 valence electrons. The molecule has 0 aliphatic heterocycles. The Morgan fingerprint density at radius 3 is 2.24 bits per heavy atom. The van der Waals surface area contributed by atoms with Crippen molar-refractivity contribution in [2.45, 2.75) is 57.2 Å². The van der Waals surface area contributed by atoms with Gasteiger partial charge >= 0.3 is 0 Å². The molecule has 1 atom stereocenters. The number of sulfonamides is 1. The van der Waals surface area contributed by atoms with E-state index in [1.807, 2.05) is 12.1 Å². The van der Waals surface area contributed by atoms with Crippen molar-refractivity contribution < 1.29 is 8.42 Å². The summed E-state index contributed by atoms with van der Waals surface area (Å²) >= 11 is 6.20. The largest absolute Gasteiger partial charge is 0.240 e. The molecule has 0 aliphatic carbocycles. The molecule has 0 spiro atoms. The number of halogens is 1. The second-order valence-corrected chi connectivity index (χ2v) is 8.99. The first-order valence-corrected chi connectivity index (χ1v) is 9.29. The summed E-state index contributed by atoms with van der Waals surface area (Å²) < 4.78 is 27.0. The van der Waals surface area contributed by atoms with Gasteiger partial charge in [0, 0.05) is 11.9 Å². The van der Waals surface area contributed by atoms with Gasteiger partial charge in [-0.1, -0.05) is 46.2 Å². The Bertz CT molecular complexity index is 532. The molecule has 0 amide bonds. The van der Waals surface area contributed by atoms with Crippen LogP contribution >= 0.6 is 11.6 Å². The Morgan fingerprint density at radius 2 is 1.76 bits per heavy atom. The zero-order valence-electron chi connectivity index (χ0n) is 13.3. The summed E-state index contributed by atoms with van der Waals surface area (Å²) in [5, 5.41) is -0.209. The lowest BCUT2D eigenvalue weighted by atomic mass is 9.90. The molecular weight excluding hydrogens is 306 g/mol. The first kappa shape index (κ1) is 18.5. The highest BCUT2D eigenvalue weighted by Gasteiger charge is 2.20. The van der Waals surface area contributed by atoms with Crippen molar-refractivity contribution in [2.75, 3.05) is 6.54 Å². The highest BCUT2D eigenvalue weighted by molar-refractivity contribution is 7.89. The summed E-state index contributed by atoms with van der Waals surface area (Å²) in [6, 6.07) is 7.04. The van der Waals surface area contributed by atoms with Crippen LogP contribution in [0.5, 0.6) is 0 Å². The van der Waals surface area contributed by atoms with E-state index in [9.17, 15) is 8.42 Å². The normalized spacial score (nSPS) is 14.1. The SMILES string of the molecule is CCCc1ccc(S(=O)(=O)NCC(Cl)CC(C)(C)C)cc1. The van der Waals surface area contributed by atoms with Gasteiger partial charge in [-0.15, -0.1) is 11.6 Å². The minimum Gasteiger partial charge on any atom is -0.210 e. The quantitative estimate of drug-likeness (QED) is 0.769. The van der Waals surface area contributed by atoms with Crippen LogP contribution in [0.25, 0.3) is 0 Å². The molecule has 1 aromatic carbocycles. The first-order valence-electron chi connectivity index (χ1n) is 7.37. The van der Waals surface area contributed by atoms with Gasteiger partial charge in [0.05, 0.1) is 4.90 Å². The van der Waals surface area contributed by atoms with Gasteiger partial charge < -0.3 is 0 Å². The molecule has 1 aromatic rings. The van der Waals surface area contributed by atoms with E-state index >= 15 is 0 Å². The van der Waals surface area contributed by atoms with E-state index in [0.29, 0.717) is 4.90 Å². The maximum absolute atomic E-state index is 12.2. The molecule has 0 bridgehead atoms. The first-order chi connectivity index (χ1) is 9.64. The number of nitrogens with one attached hydrogen (secondary N) is 1. The standard InChI is InChI=1S/C16H26ClNO2S/c1-5-6-13-7-9-15(10-8-13)21(19,20)18-12-14(17)11-16(2,3)4/h7-10,14,18H,5-6,11-12H2,1-4H3. The fourth-order valence-corrected chi connectivity index (χ4v) is 3.86. The van der Waals surface area contributed by atoms with Crippen molar-refractivity contribution in [1.29, 1.82) is 0 Å². The molecule has 21 heavy (non-hydrogen) atoms. The van der Waals surface area contributed by atoms with Gasteiger partial charge in [0.25, 0.3) is 0 Å². The molecular formula is C16H26ClNO2S. The van der Waals surface area contributed by atoms with Gasteiger partial charge in [-0.2, -0.15) is 0 Å². The topological polar surface area (TPSA) is 46.2 Å². The van der Waals surface area contributed by atoms with Gasteiger partial charge in [0.2, 0.25) is 10.0 Å². The molecule has 3 nitrogen and oxygen atoms in total. The Hall–Kier alpha value is -0.580. The average Bonchev–Trinajstić information content (AvgIpc) is 2.36. The number of hydrogen-bond donors (Lipinski definition) is 1. The Kier molecular flexibility index (Phi) is 6.70. The van der Waals surface area contributed by atoms with Crippen LogP contribution in [-0.2, 0) is 16.4 Å². The molecule has 0 heterocycles. The third-order valence-electron chi connectivity index (χ3n) is 3.10. The Morgan fingerprint density at radius 1 is 1.19 bits per heavy atom. The van der Waals surface area contributed by atoms with Crippen molar-refractivity contribution in [2.24, 2.45) is 5.41 Å². The van der Waals surface area contributed by atoms with E-state index in [2.05, 4.69) is 32.4 Å². The maximum atomic E-state index is 12.2. The minimum absolute atomic E-state index is 0.0830. The van der Waals surface area contributed by atoms with Crippen LogP contribution in [0.1, 0.15) is 46.1 Å². The number of rotatable bonds is 7. The smallest absolute Gasteiger partial charge is 0.210 e. The van der Waals surface area contributed by atoms with Crippen LogP contribution in [0, 0.1) is 5.41 Å². The lowest BCUT2D eigenvalue weighted by molar-refractivity contribution is 0.369. The molecule has 0 aromatic heterocycles. The van der Waals surface area contributed by atoms with Gasteiger partial charge in [-0.25, -0.2) is 13.1 Å². The highest BCUT2D eigenvalue weighted by atomic mass is 35.5. The molecule has 0 aliphatic rings. The van der Waals surface area contributed by atoms with Crippen molar-refractivity contribution in [3.05, 3.63) is 29.8 Å². The average molecular weight is 332 g/mol. The third-order valence-corrected chi connectivity index (χ3v) is 4.85. The summed E-state index contributed by atoms with van der Waals surface area (Å²) in [6.07, 6.45) is 2.76. The number of hydrogen-bond acceptors (Lipinski definition) is 2. The molecule has 1 N–H and O–H groups in total. The minimum atomic E-state index is -3.48. The van der Waals surface area contributed by atoms with Gasteiger partial charge in [0.15, 0.2) is 0 Å². The number of aryl methyl sites for hydroxylation is 1. The fraction of sp³-hybridized carbons (Fsp3) is 0.625. The Balaban J connectivity index is 2.65. The van der Waals surface area contributed by atoms with Crippen LogP contribution in [0.4, 0.5) is 0 Å². The van der Waals surface area contributed by atoms with Gasteiger partial charge in [-0.3, -0.25) is 0 Å². The van der Waals surface area contributed by atoms with E-state index in [4.69, 9.17) is 11.6 Å². The van der Waals surface area contributed by atoms with E-state index in [-0.39, 0.29) is 17.3 Å². The van der Waals surface area contributed by atoms with Gasteiger partial charge in [-0.05, 0) is 36.0 Å². The zero-order valence-corrected chi connectivity index (χ0v) is 14.9. The lowest BCUT2D eigenvalue weighted by Gasteiger charge is -2.22. The summed E-state index contributed by atoms with van der Waals surface area (Å²) in [7, 11) is -3.48. The predicted molar refractivity (Wildman–Crippen MR) is 89.3 cm³/mol. The van der Waals surface area contributed by atoms with Crippen LogP contribution in [0.15, 0.2) is 29.2 Å². The van der Waals surface area contributed by atoms with Crippen LogP contribution < -0.4 is 4.72 Å². The Labute approximate surface area is 134 Å². The highest BCUT2D eigenvalue weighted by Crippen LogP contribution is 2.23. The van der Waals surface area contributed by atoms with Crippen molar-refractivity contribution >= 4 is 21.6 Å². The molecule has 1 rings (SSSR count). The van der Waals surface area contributed by atoms with E-state index < -0.39 is 10.0 Å². The van der Waals surface area contributed by atoms with Gasteiger partial charge in [0.1, 0.15) is 0 Å². The summed E-state index contributed by atoms with van der Waals surface area (Å²) in [4.78, 5) is 0.293. The molecule has 1 unspecified atom stereocenters. The van der Waals surface area contributed by atoms with E-state index in [1.165, 1.54) is 0 Å². The van der Waals surface area contributed by atoms with E-state index in [0.717, 1.165) is 24.8 Å². The van der Waals surface area contributed by atoms with Crippen molar-refractivity contribution in [3.63, 3.8) is 0 Å². The van der Waals surface area contributed by atoms with Crippen LogP contribution in [0.2, 0.25) is 0 Å². The number of benzene rings is 1. The fourth-order valence-electron chi connectivity index (χ4n) is 2.14. The molecule has 0 saturated heterocycles. The lowest BCUT2D eigenvalue weighted by Crippen LogP contribution is -2.31. The summed E-state index contributed by atoms with van der Waals surface area (Å²) in [6.45, 7) is 8.61. The second-order valence-electron chi connectivity index (χ2n) is 6.61. The number of alkyl halides is 1.